The summed E-state index contributed by atoms with van der Waals surface area (Å²) in [4.78, 5) is 25.5. The molecule has 0 unspecified atom stereocenters. The maximum absolute atomic E-state index is 13.0. The number of carbonyl (C=O) groups excluding carboxylic acids is 2. The molecule has 0 aromatic heterocycles. The lowest BCUT2D eigenvalue weighted by atomic mass is 9.63. The number of carbonyl (C=O) groups is 2. The average Bonchev–Trinajstić information content (AvgIpc) is 3.52. The van der Waals surface area contributed by atoms with Crippen LogP contribution in [0.1, 0.15) is 110 Å². The zero-order chi connectivity index (χ0) is 30.7. The quantitative estimate of drug-likeness (QED) is 0.0857. The van der Waals surface area contributed by atoms with E-state index in [-0.39, 0.29) is 22.5 Å². The van der Waals surface area contributed by atoms with Crippen LogP contribution in [0.15, 0.2) is 48.5 Å². The molecule has 1 atom stereocenters. The first kappa shape index (κ1) is 33.8. The van der Waals surface area contributed by atoms with Gasteiger partial charge in [-0.15, -0.1) is 0 Å². The Bertz CT molecular complexity index is 1230. The van der Waals surface area contributed by atoms with Crippen LogP contribution < -0.4 is 10.6 Å². The number of fused-ring (bicyclic) bond motifs is 1. The summed E-state index contributed by atoms with van der Waals surface area (Å²) in [5.74, 6) is 1.19. The Balaban J connectivity index is 1.11. The molecule has 1 saturated heterocycles. The van der Waals surface area contributed by atoms with E-state index in [1.807, 2.05) is 35.1 Å². The highest BCUT2D eigenvalue weighted by Gasteiger charge is 2.37. The Morgan fingerprint density at radius 1 is 0.884 bits per heavy atom. The van der Waals surface area contributed by atoms with Gasteiger partial charge in [0.1, 0.15) is 0 Å². The van der Waals surface area contributed by atoms with Gasteiger partial charge in [0.2, 0.25) is 0 Å². The molecular weight excluding hydrogens is 573 g/mol. The molecule has 1 heterocycles. The van der Waals surface area contributed by atoms with E-state index in [4.69, 9.17) is 4.74 Å². The summed E-state index contributed by atoms with van der Waals surface area (Å²) < 4.78 is 5.65. The molecule has 5 nitrogen and oxygen atoms in total. The Hall–Kier alpha value is -2.06. The predicted molar refractivity (Wildman–Crippen MR) is 184 cm³/mol. The van der Waals surface area contributed by atoms with Crippen LogP contribution in [-0.2, 0) is 15.6 Å². The molecule has 1 aliphatic carbocycles. The van der Waals surface area contributed by atoms with Gasteiger partial charge in [0.05, 0.1) is 13.2 Å². The van der Waals surface area contributed by atoms with Crippen molar-refractivity contribution in [2.24, 2.45) is 0 Å². The van der Waals surface area contributed by atoms with Crippen LogP contribution in [0.3, 0.4) is 0 Å². The second-order valence-corrected chi connectivity index (χ2v) is 15.9. The number of nitrogens with one attached hydrogen (secondary N) is 2. The summed E-state index contributed by atoms with van der Waals surface area (Å²) in [6, 6.07) is 13.5. The van der Waals surface area contributed by atoms with E-state index >= 15 is 0 Å². The van der Waals surface area contributed by atoms with Gasteiger partial charge in [-0.05, 0) is 90.4 Å². The molecule has 7 heteroatoms. The highest BCUT2D eigenvalue weighted by molar-refractivity contribution is 8.77. The Labute approximate surface area is 267 Å². The van der Waals surface area contributed by atoms with Crippen LogP contribution in [0.4, 0.5) is 0 Å². The van der Waals surface area contributed by atoms with Gasteiger partial charge in [-0.2, -0.15) is 0 Å². The maximum Gasteiger partial charge on any atom is 0.251 e. The zero-order valence-electron chi connectivity index (χ0n) is 26.5. The van der Waals surface area contributed by atoms with Crippen molar-refractivity contribution < 1.29 is 14.3 Å². The minimum absolute atomic E-state index is 0.00729. The van der Waals surface area contributed by atoms with Crippen molar-refractivity contribution in [3.05, 3.63) is 76.4 Å². The fourth-order valence-corrected chi connectivity index (χ4v) is 8.86. The normalized spacial score (nSPS) is 18.9. The fourth-order valence-electron chi connectivity index (χ4n) is 5.83. The van der Waals surface area contributed by atoms with E-state index in [9.17, 15) is 9.59 Å². The van der Waals surface area contributed by atoms with Gasteiger partial charge < -0.3 is 15.4 Å². The first-order valence-electron chi connectivity index (χ1n) is 16.0. The number of amides is 1. The van der Waals surface area contributed by atoms with Crippen LogP contribution in [0, 0.1) is 0 Å². The topological polar surface area (TPSA) is 67.4 Å². The SMILES string of the molecule is CC1(C)CCC(C)(C)c2cc(C(=O)/C=C/c3ccc(C(=O)NCCOCCNCCCCC[C@@H]4CCSS4)cc3)ccc21. The molecule has 4 rings (SSSR count). The number of unbranched alkanes of at least 4 members (excludes halogenated alkanes) is 2. The van der Waals surface area contributed by atoms with Crippen molar-refractivity contribution in [3.63, 3.8) is 0 Å². The summed E-state index contributed by atoms with van der Waals surface area (Å²) in [7, 11) is 4.10. The van der Waals surface area contributed by atoms with Crippen LogP contribution in [-0.4, -0.2) is 55.5 Å². The van der Waals surface area contributed by atoms with Crippen LogP contribution in [0.25, 0.3) is 6.08 Å². The molecular formula is C36H50N2O3S2. The van der Waals surface area contributed by atoms with E-state index in [1.54, 1.807) is 18.2 Å². The monoisotopic (exact) mass is 622 g/mol. The maximum atomic E-state index is 13.0. The Kier molecular flexibility index (Phi) is 12.8. The number of benzene rings is 2. The number of ether oxygens (including phenoxy) is 1. The summed E-state index contributed by atoms with van der Waals surface area (Å²) >= 11 is 0. The van der Waals surface area contributed by atoms with Gasteiger partial charge in [0.15, 0.2) is 5.78 Å². The second kappa shape index (κ2) is 16.3. The number of ketones is 1. The molecule has 0 saturated carbocycles. The van der Waals surface area contributed by atoms with Gasteiger partial charge in [0.25, 0.3) is 5.91 Å². The van der Waals surface area contributed by atoms with Crippen molar-refractivity contribution in [1.82, 2.24) is 10.6 Å². The number of allylic oxidation sites excluding steroid dienone is 1. The molecule has 2 aliphatic rings. The first-order valence-corrected chi connectivity index (χ1v) is 18.4. The smallest absolute Gasteiger partial charge is 0.251 e. The molecule has 1 aliphatic heterocycles. The zero-order valence-corrected chi connectivity index (χ0v) is 28.1. The van der Waals surface area contributed by atoms with Gasteiger partial charge in [-0.1, -0.05) is 92.5 Å². The molecule has 234 valence electrons. The van der Waals surface area contributed by atoms with Gasteiger partial charge >= 0.3 is 0 Å². The molecule has 0 bridgehead atoms. The van der Waals surface area contributed by atoms with Crippen LogP contribution in [0.2, 0.25) is 0 Å². The number of rotatable bonds is 16. The van der Waals surface area contributed by atoms with E-state index in [0.717, 1.165) is 42.3 Å². The molecule has 43 heavy (non-hydrogen) atoms. The van der Waals surface area contributed by atoms with Gasteiger partial charge in [-0.25, -0.2) is 0 Å². The average molecular weight is 623 g/mol. The highest BCUT2D eigenvalue weighted by Crippen LogP contribution is 2.46. The van der Waals surface area contributed by atoms with E-state index < -0.39 is 0 Å². The predicted octanol–water partition coefficient (Wildman–Crippen LogP) is 7.98. The van der Waals surface area contributed by atoms with Crippen LogP contribution >= 0.6 is 21.6 Å². The lowest BCUT2D eigenvalue weighted by Crippen LogP contribution is -2.34. The third-order valence-corrected chi connectivity index (χ3v) is 11.8. The fraction of sp³-hybridized carbons (Fsp3) is 0.556. The van der Waals surface area contributed by atoms with Crippen LogP contribution in [0.5, 0.6) is 0 Å². The van der Waals surface area contributed by atoms with Crippen molar-refractivity contribution in [3.8, 4) is 0 Å². The number of hydrogen-bond donors (Lipinski definition) is 2. The Morgan fingerprint density at radius 3 is 2.35 bits per heavy atom. The summed E-state index contributed by atoms with van der Waals surface area (Å²) in [5.41, 5.74) is 5.03. The molecule has 0 spiro atoms. The molecule has 2 aromatic rings. The summed E-state index contributed by atoms with van der Waals surface area (Å²) in [6.45, 7) is 12.6. The van der Waals surface area contributed by atoms with Crippen molar-refractivity contribution >= 4 is 39.4 Å². The molecule has 1 fully saturated rings. The Morgan fingerprint density at radius 2 is 1.60 bits per heavy atom. The minimum atomic E-state index is -0.123. The number of hydrogen-bond acceptors (Lipinski definition) is 6. The minimum Gasteiger partial charge on any atom is -0.378 e. The van der Waals surface area contributed by atoms with E-state index in [0.29, 0.717) is 25.3 Å². The van der Waals surface area contributed by atoms with E-state index in [1.165, 1.54) is 49.0 Å². The van der Waals surface area contributed by atoms with Crippen molar-refractivity contribution in [2.45, 2.75) is 88.7 Å². The second-order valence-electron chi connectivity index (χ2n) is 13.1. The summed E-state index contributed by atoms with van der Waals surface area (Å²) in [5, 5.41) is 7.24. The van der Waals surface area contributed by atoms with Crippen molar-refractivity contribution in [1.29, 1.82) is 0 Å². The summed E-state index contributed by atoms with van der Waals surface area (Å²) in [6.07, 6.45) is 12.3. The first-order chi connectivity index (χ1) is 20.7. The molecule has 0 radical (unpaired) electrons. The molecule has 1 amide bonds. The lowest BCUT2D eigenvalue weighted by Gasteiger charge is -2.42. The van der Waals surface area contributed by atoms with Gasteiger partial charge in [0, 0.05) is 35.2 Å². The van der Waals surface area contributed by atoms with Crippen molar-refractivity contribution in [2.75, 3.05) is 38.6 Å². The van der Waals surface area contributed by atoms with E-state index in [2.05, 4.69) is 61.3 Å². The molecule has 2 N–H and O–H groups in total. The third-order valence-electron chi connectivity index (χ3n) is 8.80. The highest BCUT2D eigenvalue weighted by atomic mass is 33.1. The lowest BCUT2D eigenvalue weighted by molar-refractivity contribution is 0.0916. The standard InChI is InChI=1S/C36H50N2O3S2/c1-35(2)18-19-36(3,4)32-26-29(14-15-31(32)35)33(39)16-11-27-9-12-28(13-10-27)34(40)38-22-24-41-23-21-37-20-7-5-6-8-30-17-25-42-43-30/h9-16,26,30,37H,5-8,17-25H2,1-4H3,(H,38,40)/b16-11+/t30-/m1/s1. The van der Waals surface area contributed by atoms with Gasteiger partial charge in [-0.3, -0.25) is 9.59 Å². The molecule has 2 aromatic carbocycles. The third kappa shape index (κ3) is 10.2. The largest absolute Gasteiger partial charge is 0.378 e.